The number of rotatable bonds is 3. The molecule has 0 bridgehead atoms. The highest BCUT2D eigenvalue weighted by Crippen LogP contribution is 2.06. The minimum Gasteiger partial charge on any atom is -0.364 e. The van der Waals surface area contributed by atoms with E-state index >= 15 is 0 Å². The Morgan fingerprint density at radius 2 is 2.00 bits per heavy atom. The van der Waals surface area contributed by atoms with Gasteiger partial charge in [-0.05, 0) is 11.6 Å². The van der Waals surface area contributed by atoms with E-state index in [1.807, 2.05) is 30.3 Å². The highest BCUT2D eigenvalue weighted by atomic mass is 16.7. The number of nitrogens with zero attached hydrogens (tertiary/aromatic N) is 1. The van der Waals surface area contributed by atoms with E-state index < -0.39 is 0 Å². The molecule has 1 aromatic rings. The van der Waals surface area contributed by atoms with Crippen LogP contribution in [0.3, 0.4) is 0 Å². The van der Waals surface area contributed by atoms with Gasteiger partial charge in [0.25, 0.3) is 0 Å². The Kier molecular flexibility index (Phi) is 2.60. The van der Waals surface area contributed by atoms with Gasteiger partial charge >= 0.3 is 5.97 Å². The Morgan fingerprint density at radius 3 is 2.64 bits per heavy atom. The molecular formula is C11H11NO2. The molecule has 14 heavy (non-hydrogen) atoms. The Bertz CT molecular complexity index is 342. The maximum Gasteiger partial charge on any atom is 0.349 e. The summed E-state index contributed by atoms with van der Waals surface area (Å²) in [6, 6.07) is 9.65. The topological polar surface area (TPSA) is 29.3 Å². The zero-order valence-corrected chi connectivity index (χ0v) is 7.72. The van der Waals surface area contributed by atoms with Crippen LogP contribution in [0.2, 0.25) is 0 Å². The molecule has 0 N–H and O–H groups in total. The normalized spacial score (nSPS) is 15.7. The number of hydrogen-bond acceptors (Lipinski definition) is 3. The summed E-state index contributed by atoms with van der Waals surface area (Å²) < 4.78 is 0. The van der Waals surface area contributed by atoms with Gasteiger partial charge in [-0.25, -0.2) is 4.79 Å². The van der Waals surface area contributed by atoms with Gasteiger partial charge in [-0.1, -0.05) is 30.3 Å². The third-order valence-electron chi connectivity index (χ3n) is 1.84. The summed E-state index contributed by atoms with van der Waals surface area (Å²) in [5, 5.41) is 1.61. The molecular weight excluding hydrogens is 178 g/mol. The van der Waals surface area contributed by atoms with Gasteiger partial charge in [0.05, 0.1) is 13.1 Å². The predicted molar refractivity (Wildman–Crippen MR) is 53.1 cm³/mol. The van der Waals surface area contributed by atoms with Crippen molar-refractivity contribution < 1.29 is 9.63 Å². The summed E-state index contributed by atoms with van der Waals surface area (Å²) in [7, 11) is 0. The average Bonchev–Trinajstić information content (AvgIpc) is 3.00. The molecule has 0 atom stereocenters. The smallest absolute Gasteiger partial charge is 0.349 e. The van der Waals surface area contributed by atoms with Crippen LogP contribution in [0.25, 0.3) is 6.08 Å². The highest BCUT2D eigenvalue weighted by molar-refractivity contribution is 5.86. The van der Waals surface area contributed by atoms with Crippen LogP contribution < -0.4 is 0 Å². The van der Waals surface area contributed by atoms with Crippen molar-refractivity contribution in [3.8, 4) is 0 Å². The molecule has 1 fully saturated rings. The van der Waals surface area contributed by atoms with Gasteiger partial charge in [0.2, 0.25) is 0 Å². The van der Waals surface area contributed by atoms with E-state index in [0.717, 1.165) is 18.7 Å². The van der Waals surface area contributed by atoms with Crippen molar-refractivity contribution in [2.24, 2.45) is 0 Å². The van der Waals surface area contributed by atoms with E-state index in [1.165, 1.54) is 6.08 Å². The van der Waals surface area contributed by atoms with Crippen molar-refractivity contribution in [1.82, 2.24) is 5.06 Å². The molecule has 3 heteroatoms. The lowest BCUT2D eigenvalue weighted by molar-refractivity contribution is -0.159. The van der Waals surface area contributed by atoms with Crippen LogP contribution in [-0.4, -0.2) is 24.1 Å². The van der Waals surface area contributed by atoms with E-state index in [9.17, 15) is 4.79 Å². The largest absolute Gasteiger partial charge is 0.364 e. The number of carbonyl (C=O) groups excluding carboxylic acids is 1. The van der Waals surface area contributed by atoms with Gasteiger partial charge in [-0.15, -0.1) is 5.06 Å². The van der Waals surface area contributed by atoms with E-state index in [1.54, 1.807) is 11.1 Å². The minimum absolute atomic E-state index is 0.314. The van der Waals surface area contributed by atoms with Crippen LogP contribution in [0.1, 0.15) is 5.56 Å². The van der Waals surface area contributed by atoms with E-state index in [2.05, 4.69) is 0 Å². The first-order chi connectivity index (χ1) is 6.84. The Morgan fingerprint density at radius 1 is 1.29 bits per heavy atom. The zero-order chi connectivity index (χ0) is 9.80. The number of hydrogen-bond donors (Lipinski definition) is 0. The Labute approximate surface area is 82.5 Å². The van der Waals surface area contributed by atoms with Crippen molar-refractivity contribution in [1.29, 1.82) is 0 Å². The van der Waals surface area contributed by atoms with Gasteiger partial charge in [0, 0.05) is 6.08 Å². The first kappa shape index (κ1) is 8.97. The molecule has 0 amide bonds. The Balaban J connectivity index is 1.89. The summed E-state index contributed by atoms with van der Waals surface area (Å²) >= 11 is 0. The molecule has 1 heterocycles. The first-order valence-corrected chi connectivity index (χ1v) is 4.54. The van der Waals surface area contributed by atoms with E-state index in [-0.39, 0.29) is 5.97 Å². The molecule has 0 radical (unpaired) electrons. The molecule has 0 saturated carbocycles. The van der Waals surface area contributed by atoms with E-state index in [0.29, 0.717) is 0 Å². The number of hydroxylamine groups is 2. The SMILES string of the molecule is O=C(/C=C/c1ccccc1)ON1CC1. The fourth-order valence-electron chi connectivity index (χ4n) is 1.02. The molecule has 0 aliphatic carbocycles. The molecule has 3 nitrogen and oxygen atoms in total. The van der Waals surface area contributed by atoms with Crippen molar-refractivity contribution in [3.63, 3.8) is 0 Å². The second-order valence-electron chi connectivity index (χ2n) is 3.08. The highest BCUT2D eigenvalue weighted by Gasteiger charge is 2.21. The summed E-state index contributed by atoms with van der Waals surface area (Å²) in [6.07, 6.45) is 3.18. The Hall–Kier alpha value is -1.61. The molecule has 0 unspecified atom stereocenters. The first-order valence-electron chi connectivity index (χ1n) is 4.54. The predicted octanol–water partition coefficient (Wildman–Crippen LogP) is 1.47. The van der Waals surface area contributed by atoms with Gasteiger partial charge in [-0.3, -0.25) is 0 Å². The second-order valence-corrected chi connectivity index (χ2v) is 3.08. The van der Waals surface area contributed by atoms with Gasteiger partial charge in [-0.2, -0.15) is 0 Å². The van der Waals surface area contributed by atoms with Crippen LogP contribution in [0.5, 0.6) is 0 Å². The molecule has 1 aromatic carbocycles. The fourth-order valence-corrected chi connectivity index (χ4v) is 1.02. The quantitative estimate of drug-likeness (QED) is 0.532. The summed E-state index contributed by atoms with van der Waals surface area (Å²) in [6.45, 7) is 1.70. The minimum atomic E-state index is -0.314. The van der Waals surface area contributed by atoms with Crippen LogP contribution in [-0.2, 0) is 9.63 Å². The number of benzene rings is 1. The molecule has 1 aliphatic heterocycles. The molecule has 1 saturated heterocycles. The van der Waals surface area contributed by atoms with Gasteiger partial charge in [0.1, 0.15) is 0 Å². The van der Waals surface area contributed by atoms with Gasteiger partial charge in [0.15, 0.2) is 0 Å². The summed E-state index contributed by atoms with van der Waals surface area (Å²) in [5.74, 6) is -0.314. The average molecular weight is 189 g/mol. The zero-order valence-electron chi connectivity index (χ0n) is 7.72. The van der Waals surface area contributed by atoms with Crippen LogP contribution in [0, 0.1) is 0 Å². The van der Waals surface area contributed by atoms with Crippen LogP contribution >= 0.6 is 0 Å². The third kappa shape index (κ3) is 2.71. The van der Waals surface area contributed by atoms with Crippen molar-refractivity contribution in [2.75, 3.05) is 13.1 Å². The lowest BCUT2D eigenvalue weighted by atomic mass is 10.2. The van der Waals surface area contributed by atoms with Crippen molar-refractivity contribution in [2.45, 2.75) is 0 Å². The van der Waals surface area contributed by atoms with Crippen LogP contribution in [0.15, 0.2) is 36.4 Å². The third-order valence-corrected chi connectivity index (χ3v) is 1.84. The van der Waals surface area contributed by atoms with Crippen molar-refractivity contribution >= 4 is 12.0 Å². The van der Waals surface area contributed by atoms with Crippen LogP contribution in [0.4, 0.5) is 0 Å². The molecule has 0 aromatic heterocycles. The molecule has 1 aliphatic rings. The fraction of sp³-hybridized carbons (Fsp3) is 0.182. The standard InChI is InChI=1S/C11H11NO2/c13-11(14-12-8-9-12)7-6-10-4-2-1-3-5-10/h1-7H,8-9H2/b7-6+. The number of carbonyl (C=O) groups is 1. The monoisotopic (exact) mass is 189 g/mol. The summed E-state index contributed by atoms with van der Waals surface area (Å²) in [4.78, 5) is 16.0. The van der Waals surface area contributed by atoms with Gasteiger partial charge < -0.3 is 4.84 Å². The molecule has 2 rings (SSSR count). The molecule has 0 spiro atoms. The van der Waals surface area contributed by atoms with E-state index in [4.69, 9.17) is 4.84 Å². The second kappa shape index (κ2) is 4.07. The summed E-state index contributed by atoms with van der Waals surface area (Å²) in [5.41, 5.74) is 0.996. The molecule has 72 valence electrons. The van der Waals surface area contributed by atoms with Crippen molar-refractivity contribution in [3.05, 3.63) is 42.0 Å². The lowest BCUT2D eigenvalue weighted by Crippen LogP contribution is -2.05. The maximum absolute atomic E-state index is 11.1. The lowest BCUT2D eigenvalue weighted by Gasteiger charge is -1.97. The maximum atomic E-state index is 11.1.